The zero-order chi connectivity index (χ0) is 28.7. The molecular formula is C34H36O6S. The first kappa shape index (κ1) is 29.2. The molecule has 5 rings (SSSR count). The molecule has 6 nitrogen and oxygen atoms in total. The van der Waals surface area contributed by atoms with E-state index in [4.69, 9.17) is 9.47 Å². The maximum absolute atomic E-state index is 14.7. The number of sulfone groups is 1. The fraction of sp³-hybridized carbons (Fsp3) is 0.294. The normalized spacial score (nSPS) is 25.8. The first-order chi connectivity index (χ1) is 19.9. The summed E-state index contributed by atoms with van der Waals surface area (Å²) in [6.45, 7) is 0.184. The van der Waals surface area contributed by atoms with Crippen LogP contribution in [0.3, 0.4) is 0 Å². The number of benzene rings is 4. The van der Waals surface area contributed by atoms with Crippen LogP contribution in [0.15, 0.2) is 121 Å². The highest BCUT2D eigenvalue weighted by atomic mass is 32.2. The van der Waals surface area contributed by atoms with E-state index in [2.05, 4.69) is 0 Å². The minimum Gasteiger partial charge on any atom is -0.388 e. The third kappa shape index (κ3) is 7.12. The second kappa shape index (κ2) is 13.6. The van der Waals surface area contributed by atoms with Gasteiger partial charge in [-0.15, -0.1) is 0 Å². The predicted molar refractivity (Wildman–Crippen MR) is 159 cm³/mol. The fourth-order valence-electron chi connectivity index (χ4n) is 5.53. The standard InChI is InChI=1S/C34H36O6S/c35-31-32(36)34(40-24-28-19-11-4-12-20-28)30(22-26-15-7-2-8-16-26)41(37,38)29(21-25-13-5-1-6-14-25)33(31)39-23-27-17-9-3-10-18-27/h1-20,29-36H,21-24H2/t29-,30+,31-,32-,33+,34-/m1/s1. The van der Waals surface area contributed by atoms with Gasteiger partial charge in [0.05, 0.1) is 23.7 Å². The van der Waals surface area contributed by atoms with Crippen LogP contribution in [0.1, 0.15) is 22.3 Å². The van der Waals surface area contributed by atoms with Crippen LogP contribution in [0.2, 0.25) is 0 Å². The lowest BCUT2D eigenvalue weighted by Crippen LogP contribution is -2.49. The molecule has 1 heterocycles. The van der Waals surface area contributed by atoms with Crippen molar-refractivity contribution in [1.82, 2.24) is 0 Å². The summed E-state index contributed by atoms with van der Waals surface area (Å²) in [6.07, 6.45) is -5.10. The molecule has 4 aromatic rings. The van der Waals surface area contributed by atoms with E-state index in [1.165, 1.54) is 0 Å². The molecule has 0 spiro atoms. The maximum Gasteiger partial charge on any atom is 0.161 e. The van der Waals surface area contributed by atoms with Crippen LogP contribution in [0.25, 0.3) is 0 Å². The van der Waals surface area contributed by atoms with E-state index < -0.39 is 44.8 Å². The summed E-state index contributed by atoms with van der Waals surface area (Å²) in [5.41, 5.74) is 3.29. The molecule has 1 aliphatic heterocycles. The van der Waals surface area contributed by atoms with Crippen LogP contribution < -0.4 is 0 Å². The van der Waals surface area contributed by atoms with Gasteiger partial charge in [-0.25, -0.2) is 8.42 Å². The molecule has 0 radical (unpaired) electrons. The van der Waals surface area contributed by atoms with Crippen LogP contribution >= 0.6 is 0 Å². The monoisotopic (exact) mass is 572 g/mol. The predicted octanol–water partition coefficient (Wildman–Crippen LogP) is 4.53. The van der Waals surface area contributed by atoms with E-state index in [9.17, 15) is 18.6 Å². The highest BCUT2D eigenvalue weighted by Crippen LogP contribution is 2.34. The molecule has 0 aromatic heterocycles. The van der Waals surface area contributed by atoms with Gasteiger partial charge in [-0.1, -0.05) is 121 Å². The van der Waals surface area contributed by atoms with Crippen molar-refractivity contribution >= 4 is 9.84 Å². The molecule has 1 fully saturated rings. The summed E-state index contributed by atoms with van der Waals surface area (Å²) in [5.74, 6) is 0. The Morgan fingerprint density at radius 1 is 0.488 bits per heavy atom. The Kier molecular flexibility index (Phi) is 9.64. The molecule has 1 saturated heterocycles. The number of hydrogen-bond donors (Lipinski definition) is 2. The summed E-state index contributed by atoms with van der Waals surface area (Å²) < 4.78 is 41.8. The van der Waals surface area contributed by atoms with Crippen molar-refractivity contribution in [1.29, 1.82) is 0 Å². The van der Waals surface area contributed by atoms with Gasteiger partial charge in [0.25, 0.3) is 0 Å². The lowest BCUT2D eigenvalue weighted by atomic mass is 9.94. The Labute approximate surface area is 242 Å². The SMILES string of the molecule is O=S1(=O)[C@H](Cc2ccccc2)[C@H](OCc2ccccc2)[C@H](O)[C@@H](O)[C@H](OCc2ccccc2)[C@@H]1Cc1ccccc1. The molecule has 6 atom stereocenters. The Morgan fingerprint density at radius 2 is 0.780 bits per heavy atom. The van der Waals surface area contributed by atoms with E-state index in [0.717, 1.165) is 22.3 Å². The van der Waals surface area contributed by atoms with Crippen LogP contribution in [-0.2, 0) is 45.4 Å². The van der Waals surface area contributed by atoms with E-state index in [1.807, 2.05) is 121 Å². The highest BCUT2D eigenvalue weighted by Gasteiger charge is 2.54. The second-order valence-electron chi connectivity index (χ2n) is 10.5. The van der Waals surface area contributed by atoms with Gasteiger partial charge in [-0.3, -0.25) is 0 Å². The van der Waals surface area contributed by atoms with Crippen molar-refractivity contribution in [2.45, 2.75) is 61.0 Å². The van der Waals surface area contributed by atoms with Crippen molar-refractivity contribution in [3.63, 3.8) is 0 Å². The van der Waals surface area contributed by atoms with Gasteiger partial charge in [-0.2, -0.15) is 0 Å². The Morgan fingerprint density at radius 3 is 1.10 bits per heavy atom. The molecular weight excluding hydrogens is 536 g/mol. The molecule has 4 aromatic carbocycles. The fourth-order valence-corrected chi connectivity index (χ4v) is 8.05. The summed E-state index contributed by atoms with van der Waals surface area (Å²) in [5, 5.41) is 21.0. The van der Waals surface area contributed by atoms with E-state index in [-0.39, 0.29) is 26.1 Å². The van der Waals surface area contributed by atoms with Crippen molar-refractivity contribution in [2.24, 2.45) is 0 Å². The first-order valence-corrected chi connectivity index (χ1v) is 15.5. The summed E-state index contributed by atoms with van der Waals surface area (Å²) in [7, 11) is -4.04. The Hall–Kier alpha value is -3.33. The molecule has 214 valence electrons. The van der Waals surface area contributed by atoms with Crippen molar-refractivity contribution in [3.05, 3.63) is 144 Å². The summed E-state index contributed by atoms with van der Waals surface area (Å²) in [6, 6.07) is 37.4. The molecule has 0 bridgehead atoms. The van der Waals surface area contributed by atoms with Crippen LogP contribution in [0, 0.1) is 0 Å². The maximum atomic E-state index is 14.7. The van der Waals surface area contributed by atoms with Gasteiger partial charge in [0.2, 0.25) is 0 Å². The third-order valence-corrected chi connectivity index (χ3v) is 10.3. The number of rotatable bonds is 10. The van der Waals surface area contributed by atoms with Gasteiger partial charge >= 0.3 is 0 Å². The van der Waals surface area contributed by atoms with Crippen LogP contribution in [0.5, 0.6) is 0 Å². The van der Waals surface area contributed by atoms with Crippen LogP contribution in [-0.4, -0.2) is 53.5 Å². The van der Waals surface area contributed by atoms with Crippen molar-refractivity contribution < 1.29 is 28.1 Å². The van der Waals surface area contributed by atoms with E-state index in [0.29, 0.717) is 0 Å². The lowest BCUT2D eigenvalue weighted by molar-refractivity contribution is -0.139. The number of hydrogen-bond acceptors (Lipinski definition) is 6. The quantitative estimate of drug-likeness (QED) is 0.290. The lowest BCUT2D eigenvalue weighted by Gasteiger charge is -2.30. The van der Waals surface area contributed by atoms with Gasteiger partial charge in [0, 0.05) is 0 Å². The zero-order valence-corrected chi connectivity index (χ0v) is 23.6. The number of aliphatic hydroxyl groups excluding tert-OH is 2. The average Bonchev–Trinajstić information content (AvgIpc) is 3.06. The van der Waals surface area contributed by atoms with Crippen LogP contribution in [0.4, 0.5) is 0 Å². The van der Waals surface area contributed by atoms with E-state index in [1.54, 1.807) is 0 Å². The zero-order valence-electron chi connectivity index (χ0n) is 22.8. The van der Waals surface area contributed by atoms with Gasteiger partial charge < -0.3 is 19.7 Å². The van der Waals surface area contributed by atoms with Crippen molar-refractivity contribution in [2.75, 3.05) is 0 Å². The number of aliphatic hydroxyl groups is 2. The summed E-state index contributed by atoms with van der Waals surface area (Å²) in [4.78, 5) is 0. The van der Waals surface area contributed by atoms with Gasteiger partial charge in [0.15, 0.2) is 9.84 Å². The number of ether oxygens (including phenoxy) is 2. The molecule has 0 unspecified atom stereocenters. The largest absolute Gasteiger partial charge is 0.388 e. The van der Waals surface area contributed by atoms with Crippen molar-refractivity contribution in [3.8, 4) is 0 Å². The minimum absolute atomic E-state index is 0.0922. The smallest absolute Gasteiger partial charge is 0.161 e. The molecule has 1 aliphatic rings. The molecule has 41 heavy (non-hydrogen) atoms. The molecule has 0 amide bonds. The first-order valence-electron chi connectivity index (χ1n) is 13.9. The molecule has 2 N–H and O–H groups in total. The topological polar surface area (TPSA) is 93.1 Å². The molecule has 7 heteroatoms. The minimum atomic E-state index is -4.04. The second-order valence-corrected chi connectivity index (χ2v) is 12.9. The third-order valence-electron chi connectivity index (χ3n) is 7.73. The Bertz CT molecular complexity index is 1340. The average molecular weight is 573 g/mol. The highest BCUT2D eigenvalue weighted by molar-refractivity contribution is 7.92. The molecule has 0 aliphatic carbocycles. The Balaban J connectivity index is 1.55. The molecule has 0 saturated carbocycles. The summed E-state index contributed by atoms with van der Waals surface area (Å²) >= 11 is 0. The van der Waals surface area contributed by atoms with Gasteiger partial charge in [-0.05, 0) is 35.1 Å². The van der Waals surface area contributed by atoms with Gasteiger partial charge in [0.1, 0.15) is 24.4 Å². The van der Waals surface area contributed by atoms with E-state index >= 15 is 0 Å².